The van der Waals surface area contributed by atoms with E-state index in [2.05, 4.69) is 10.3 Å². The monoisotopic (exact) mass is 234 g/mol. The molecule has 5 nitrogen and oxygen atoms in total. The molecule has 1 fully saturated rings. The van der Waals surface area contributed by atoms with Gasteiger partial charge in [0.15, 0.2) is 0 Å². The maximum absolute atomic E-state index is 11.2. The Hall–Kier alpha value is -1.62. The number of amides is 1. The summed E-state index contributed by atoms with van der Waals surface area (Å²) in [4.78, 5) is 15.4. The predicted octanol–water partition coefficient (Wildman–Crippen LogP) is 0.721. The van der Waals surface area contributed by atoms with E-state index >= 15 is 0 Å². The summed E-state index contributed by atoms with van der Waals surface area (Å²) in [6.07, 6.45) is 5.04. The Labute approximate surface area is 101 Å². The zero-order valence-electron chi connectivity index (χ0n) is 9.78. The summed E-state index contributed by atoms with van der Waals surface area (Å²) in [5.74, 6) is 0.118. The molecule has 1 aromatic heterocycles. The molecule has 1 amide bonds. The second-order valence-corrected chi connectivity index (χ2v) is 4.66. The van der Waals surface area contributed by atoms with E-state index in [1.165, 1.54) is 12.8 Å². The van der Waals surface area contributed by atoms with Gasteiger partial charge in [0.2, 0.25) is 0 Å². The highest BCUT2D eigenvalue weighted by molar-refractivity contribution is 5.97. The molecule has 17 heavy (non-hydrogen) atoms. The van der Waals surface area contributed by atoms with Gasteiger partial charge in [-0.1, -0.05) is 0 Å². The Morgan fingerprint density at radius 2 is 2.29 bits per heavy atom. The number of nitrogens with two attached hydrogens (primary N) is 2. The summed E-state index contributed by atoms with van der Waals surface area (Å²) < 4.78 is 0. The van der Waals surface area contributed by atoms with Gasteiger partial charge in [0.1, 0.15) is 5.82 Å². The number of rotatable bonds is 6. The Balaban J connectivity index is 2.02. The number of nitrogens with zero attached hydrogens (tertiary/aromatic N) is 1. The molecule has 0 atom stereocenters. The third-order valence-electron chi connectivity index (χ3n) is 3.34. The minimum Gasteiger partial charge on any atom is -0.369 e. The quantitative estimate of drug-likeness (QED) is 0.676. The second-order valence-electron chi connectivity index (χ2n) is 4.66. The molecular formula is C12H18N4O. The van der Waals surface area contributed by atoms with E-state index in [0.29, 0.717) is 23.3 Å². The van der Waals surface area contributed by atoms with Crippen LogP contribution in [0.2, 0.25) is 0 Å². The van der Waals surface area contributed by atoms with Crippen molar-refractivity contribution in [2.75, 3.05) is 18.4 Å². The van der Waals surface area contributed by atoms with Crippen LogP contribution in [-0.4, -0.2) is 24.0 Å². The lowest BCUT2D eigenvalue weighted by molar-refractivity contribution is 0.100. The van der Waals surface area contributed by atoms with Gasteiger partial charge in [-0.25, -0.2) is 4.98 Å². The Morgan fingerprint density at radius 3 is 2.88 bits per heavy atom. The normalized spacial score (nSPS) is 16.5. The largest absolute Gasteiger partial charge is 0.369 e. The fraction of sp³-hybridized carbons (Fsp3) is 0.500. The smallest absolute Gasteiger partial charge is 0.252 e. The van der Waals surface area contributed by atoms with Crippen LogP contribution in [0.3, 0.4) is 0 Å². The first-order valence-electron chi connectivity index (χ1n) is 5.86. The van der Waals surface area contributed by atoms with Crippen LogP contribution >= 0.6 is 0 Å². The van der Waals surface area contributed by atoms with Crippen LogP contribution in [0, 0.1) is 5.41 Å². The van der Waals surface area contributed by atoms with Crippen molar-refractivity contribution in [2.45, 2.75) is 19.3 Å². The number of nitrogens with one attached hydrogen (secondary N) is 1. The fourth-order valence-electron chi connectivity index (χ4n) is 2.01. The molecule has 1 aliphatic carbocycles. The van der Waals surface area contributed by atoms with Gasteiger partial charge in [-0.05, 0) is 43.4 Å². The van der Waals surface area contributed by atoms with E-state index in [4.69, 9.17) is 11.5 Å². The molecular weight excluding hydrogens is 216 g/mol. The zero-order chi connectivity index (χ0) is 12.3. The number of hydrogen-bond donors (Lipinski definition) is 3. The lowest BCUT2D eigenvalue weighted by atomic mass is 10.0. The minimum atomic E-state index is -0.454. The van der Waals surface area contributed by atoms with Gasteiger partial charge in [-0.2, -0.15) is 0 Å². The Bertz CT molecular complexity index is 415. The molecule has 0 spiro atoms. The maximum Gasteiger partial charge on any atom is 0.252 e. The van der Waals surface area contributed by atoms with E-state index in [9.17, 15) is 4.79 Å². The van der Waals surface area contributed by atoms with E-state index in [0.717, 1.165) is 13.0 Å². The fourth-order valence-corrected chi connectivity index (χ4v) is 2.01. The van der Waals surface area contributed by atoms with Crippen LogP contribution in [0.25, 0.3) is 0 Å². The summed E-state index contributed by atoms with van der Waals surface area (Å²) >= 11 is 0. The van der Waals surface area contributed by atoms with Crippen molar-refractivity contribution < 1.29 is 4.79 Å². The van der Waals surface area contributed by atoms with Crippen molar-refractivity contribution >= 4 is 11.7 Å². The number of hydrogen-bond acceptors (Lipinski definition) is 4. The first-order chi connectivity index (χ1) is 8.17. The van der Waals surface area contributed by atoms with E-state index < -0.39 is 5.91 Å². The van der Waals surface area contributed by atoms with Gasteiger partial charge in [0, 0.05) is 12.7 Å². The molecule has 0 bridgehead atoms. The van der Waals surface area contributed by atoms with Crippen molar-refractivity contribution in [1.29, 1.82) is 0 Å². The van der Waals surface area contributed by atoms with Crippen LogP contribution in [0.4, 0.5) is 5.82 Å². The number of primary amides is 1. The summed E-state index contributed by atoms with van der Waals surface area (Å²) in [7, 11) is 0. The van der Waals surface area contributed by atoms with Crippen LogP contribution in [0.15, 0.2) is 18.3 Å². The van der Waals surface area contributed by atoms with Gasteiger partial charge in [-0.15, -0.1) is 0 Å². The number of pyridine rings is 1. The van der Waals surface area contributed by atoms with Crippen molar-refractivity contribution in [3.63, 3.8) is 0 Å². The molecule has 0 aromatic carbocycles. The molecule has 2 rings (SSSR count). The average Bonchev–Trinajstić information content (AvgIpc) is 3.08. The highest BCUT2D eigenvalue weighted by Crippen LogP contribution is 2.48. The highest BCUT2D eigenvalue weighted by Gasteiger charge is 2.41. The average molecular weight is 234 g/mol. The van der Waals surface area contributed by atoms with E-state index in [-0.39, 0.29) is 0 Å². The van der Waals surface area contributed by atoms with E-state index in [1.807, 2.05) is 0 Å². The molecule has 1 heterocycles. The summed E-state index contributed by atoms with van der Waals surface area (Å²) in [6, 6.07) is 3.39. The third-order valence-corrected chi connectivity index (χ3v) is 3.34. The lowest BCUT2D eigenvalue weighted by Crippen LogP contribution is -2.22. The van der Waals surface area contributed by atoms with Gasteiger partial charge < -0.3 is 16.8 Å². The van der Waals surface area contributed by atoms with Crippen molar-refractivity contribution in [3.05, 3.63) is 23.9 Å². The molecule has 5 heteroatoms. The number of carbonyl (C=O) groups excluding carboxylic acids is 1. The van der Waals surface area contributed by atoms with E-state index in [1.54, 1.807) is 18.3 Å². The predicted molar refractivity (Wildman–Crippen MR) is 66.6 cm³/mol. The molecule has 0 unspecified atom stereocenters. The van der Waals surface area contributed by atoms with Crippen LogP contribution in [0.1, 0.15) is 29.6 Å². The molecule has 5 N–H and O–H groups in total. The first-order valence-corrected chi connectivity index (χ1v) is 5.86. The third kappa shape index (κ3) is 2.74. The standard InChI is InChI=1S/C12H18N4O/c13-6-5-12(3-4-12)8-16-11-9(10(14)17)2-1-7-15-11/h1-2,7H,3-6,8,13H2,(H2,14,17)(H,15,16). The maximum atomic E-state index is 11.2. The zero-order valence-corrected chi connectivity index (χ0v) is 9.78. The Kier molecular flexibility index (Phi) is 3.28. The number of aromatic nitrogens is 1. The SMILES string of the molecule is NCCC1(CNc2ncccc2C(N)=O)CC1. The van der Waals surface area contributed by atoms with Crippen LogP contribution in [-0.2, 0) is 0 Å². The molecule has 1 saturated carbocycles. The second kappa shape index (κ2) is 4.71. The molecule has 0 radical (unpaired) electrons. The van der Waals surface area contributed by atoms with Crippen LogP contribution < -0.4 is 16.8 Å². The molecule has 0 aliphatic heterocycles. The lowest BCUT2D eigenvalue weighted by Gasteiger charge is -2.16. The minimum absolute atomic E-state index is 0.307. The summed E-state index contributed by atoms with van der Waals surface area (Å²) in [5.41, 5.74) is 11.6. The molecule has 0 saturated heterocycles. The summed E-state index contributed by atoms with van der Waals surface area (Å²) in [5, 5.41) is 3.21. The first kappa shape index (κ1) is 11.9. The van der Waals surface area contributed by atoms with Gasteiger partial charge in [0.25, 0.3) is 5.91 Å². The van der Waals surface area contributed by atoms with Gasteiger partial charge >= 0.3 is 0 Å². The highest BCUT2D eigenvalue weighted by atomic mass is 16.1. The number of carbonyl (C=O) groups is 1. The topological polar surface area (TPSA) is 94.0 Å². The van der Waals surface area contributed by atoms with Crippen molar-refractivity contribution in [1.82, 2.24) is 4.98 Å². The van der Waals surface area contributed by atoms with Crippen molar-refractivity contribution in [2.24, 2.45) is 16.9 Å². The molecule has 1 aliphatic rings. The van der Waals surface area contributed by atoms with Gasteiger partial charge in [0.05, 0.1) is 5.56 Å². The summed E-state index contributed by atoms with van der Waals surface area (Å²) in [6.45, 7) is 1.51. The Morgan fingerprint density at radius 1 is 1.53 bits per heavy atom. The molecule has 92 valence electrons. The van der Waals surface area contributed by atoms with Crippen LogP contribution in [0.5, 0.6) is 0 Å². The number of anilines is 1. The molecule has 1 aromatic rings. The van der Waals surface area contributed by atoms with Gasteiger partial charge in [-0.3, -0.25) is 4.79 Å². The van der Waals surface area contributed by atoms with Crippen molar-refractivity contribution in [3.8, 4) is 0 Å².